The molecule has 0 aromatic heterocycles. The summed E-state index contributed by atoms with van der Waals surface area (Å²) in [5, 5.41) is 2.65. The van der Waals surface area contributed by atoms with E-state index in [0.717, 1.165) is 5.56 Å². The van der Waals surface area contributed by atoms with E-state index in [2.05, 4.69) is 5.32 Å². The van der Waals surface area contributed by atoms with E-state index in [0.29, 0.717) is 6.42 Å². The molecule has 0 fully saturated rings. The predicted octanol–water partition coefficient (Wildman–Crippen LogP) is 3.17. The minimum atomic E-state index is -0.635. The van der Waals surface area contributed by atoms with Crippen molar-refractivity contribution in [3.8, 4) is 0 Å². The molecule has 1 aliphatic rings. The molecule has 0 radical (unpaired) electrons. The Bertz CT molecular complexity index is 606. The van der Waals surface area contributed by atoms with Gasteiger partial charge in [0.25, 0.3) is 0 Å². The van der Waals surface area contributed by atoms with Crippen LogP contribution in [0, 0.1) is 5.41 Å². The van der Waals surface area contributed by atoms with Crippen molar-refractivity contribution >= 4 is 12.1 Å². The number of alkyl carbamates (subject to hydrolysis) is 1. The van der Waals surface area contributed by atoms with Gasteiger partial charge in [0.05, 0.1) is 18.1 Å². The summed E-state index contributed by atoms with van der Waals surface area (Å²) in [6.45, 7) is 5.81. The summed E-state index contributed by atoms with van der Waals surface area (Å²) >= 11 is 0. The topological polar surface area (TPSA) is 73.9 Å². The fourth-order valence-corrected chi connectivity index (χ4v) is 2.08. The molecule has 0 unspecified atom stereocenters. The third-order valence-corrected chi connectivity index (χ3v) is 3.52. The highest BCUT2D eigenvalue weighted by molar-refractivity contribution is 5.75. The first-order valence-electron chi connectivity index (χ1n) is 8.32. The highest BCUT2D eigenvalue weighted by atomic mass is 16.7. The van der Waals surface area contributed by atoms with Gasteiger partial charge in [-0.15, -0.1) is 0 Å². The van der Waals surface area contributed by atoms with Gasteiger partial charge in [-0.1, -0.05) is 42.5 Å². The molecule has 2 atom stereocenters. The van der Waals surface area contributed by atoms with Crippen LogP contribution in [-0.2, 0) is 25.6 Å². The van der Waals surface area contributed by atoms with Crippen LogP contribution in [0.1, 0.15) is 32.8 Å². The Morgan fingerprint density at radius 3 is 2.64 bits per heavy atom. The Kier molecular flexibility index (Phi) is 6.58. The molecule has 1 aliphatic heterocycles. The SMILES string of the molecule is CC(C)(C)C(=O)O[C@@H]1CC=C[C@@H](CNC(=O)OCc2ccccc2)O1. The maximum atomic E-state index is 11.9. The lowest BCUT2D eigenvalue weighted by molar-refractivity contribution is -0.194. The highest BCUT2D eigenvalue weighted by Gasteiger charge is 2.28. The van der Waals surface area contributed by atoms with Crippen LogP contribution in [-0.4, -0.2) is 31.0 Å². The van der Waals surface area contributed by atoms with Gasteiger partial charge >= 0.3 is 12.1 Å². The van der Waals surface area contributed by atoms with Crippen molar-refractivity contribution in [2.24, 2.45) is 5.41 Å². The minimum absolute atomic E-state index is 0.208. The third kappa shape index (κ3) is 6.58. The highest BCUT2D eigenvalue weighted by Crippen LogP contribution is 2.20. The van der Waals surface area contributed by atoms with Crippen molar-refractivity contribution in [2.45, 2.75) is 46.2 Å². The maximum Gasteiger partial charge on any atom is 0.407 e. The van der Waals surface area contributed by atoms with E-state index in [-0.39, 0.29) is 25.2 Å². The average Bonchev–Trinajstić information content (AvgIpc) is 2.58. The molecule has 0 spiro atoms. The molecular formula is C19H25NO5. The zero-order valence-electron chi connectivity index (χ0n) is 14.9. The summed E-state index contributed by atoms with van der Waals surface area (Å²) < 4.78 is 16.1. The van der Waals surface area contributed by atoms with Crippen LogP contribution in [0.4, 0.5) is 4.79 Å². The molecule has 2 rings (SSSR count). The van der Waals surface area contributed by atoms with Gasteiger partial charge in [0, 0.05) is 6.42 Å². The van der Waals surface area contributed by atoms with Gasteiger partial charge in [0.15, 0.2) is 0 Å². The van der Waals surface area contributed by atoms with Crippen LogP contribution in [0.15, 0.2) is 42.5 Å². The summed E-state index contributed by atoms with van der Waals surface area (Å²) in [4.78, 5) is 23.7. The standard InChI is InChI=1S/C19H25NO5/c1-19(2,3)17(21)25-16-11-7-10-15(24-16)12-20-18(22)23-13-14-8-5-4-6-9-14/h4-10,15-16H,11-13H2,1-3H3,(H,20,22)/t15-,16+/m0/s1. The largest absolute Gasteiger partial charge is 0.445 e. The third-order valence-electron chi connectivity index (χ3n) is 3.52. The van der Waals surface area contributed by atoms with Crippen molar-refractivity contribution in [3.63, 3.8) is 0 Å². The Morgan fingerprint density at radius 1 is 1.24 bits per heavy atom. The molecule has 6 nitrogen and oxygen atoms in total. The molecule has 1 aromatic carbocycles. The number of hydrogen-bond donors (Lipinski definition) is 1. The lowest BCUT2D eigenvalue weighted by Gasteiger charge is -2.28. The quantitative estimate of drug-likeness (QED) is 0.654. The summed E-state index contributed by atoms with van der Waals surface area (Å²) in [7, 11) is 0. The summed E-state index contributed by atoms with van der Waals surface area (Å²) in [5.41, 5.74) is 0.333. The van der Waals surface area contributed by atoms with Crippen molar-refractivity contribution in [1.82, 2.24) is 5.32 Å². The van der Waals surface area contributed by atoms with E-state index < -0.39 is 17.8 Å². The summed E-state index contributed by atoms with van der Waals surface area (Å²) in [6.07, 6.45) is 2.69. The van der Waals surface area contributed by atoms with Crippen LogP contribution in [0.2, 0.25) is 0 Å². The molecule has 136 valence electrons. The predicted molar refractivity (Wildman–Crippen MR) is 92.6 cm³/mol. The van der Waals surface area contributed by atoms with E-state index in [1.807, 2.05) is 42.5 Å². The molecule has 0 saturated heterocycles. The monoisotopic (exact) mass is 347 g/mol. The zero-order chi connectivity index (χ0) is 18.3. The Labute approximate surface area is 148 Å². The van der Waals surface area contributed by atoms with Crippen molar-refractivity contribution in [1.29, 1.82) is 0 Å². The Hall–Kier alpha value is -2.34. The minimum Gasteiger partial charge on any atom is -0.445 e. The van der Waals surface area contributed by atoms with Crippen LogP contribution >= 0.6 is 0 Å². The molecule has 1 N–H and O–H groups in total. The van der Waals surface area contributed by atoms with Gasteiger partial charge < -0.3 is 19.5 Å². The molecule has 1 aromatic rings. The number of carbonyl (C=O) groups excluding carboxylic acids is 2. The maximum absolute atomic E-state index is 11.9. The number of benzene rings is 1. The number of hydrogen-bond acceptors (Lipinski definition) is 5. The molecule has 6 heteroatoms. The zero-order valence-corrected chi connectivity index (χ0v) is 14.9. The molecule has 1 heterocycles. The molecule has 0 bridgehead atoms. The average molecular weight is 347 g/mol. The molecule has 1 amide bonds. The van der Waals surface area contributed by atoms with E-state index in [1.165, 1.54) is 0 Å². The summed E-state index contributed by atoms with van der Waals surface area (Å²) in [6, 6.07) is 9.44. The van der Waals surface area contributed by atoms with Crippen molar-refractivity contribution < 1.29 is 23.8 Å². The van der Waals surface area contributed by atoms with Gasteiger partial charge in [0.1, 0.15) is 6.61 Å². The van der Waals surface area contributed by atoms with Crippen LogP contribution in [0.25, 0.3) is 0 Å². The van der Waals surface area contributed by atoms with Crippen LogP contribution in [0.3, 0.4) is 0 Å². The number of amides is 1. The molecule has 0 saturated carbocycles. The second-order valence-electron chi connectivity index (χ2n) is 6.87. The van der Waals surface area contributed by atoms with Gasteiger partial charge in [-0.2, -0.15) is 0 Å². The first-order valence-corrected chi connectivity index (χ1v) is 8.32. The number of rotatable bonds is 5. The molecule has 25 heavy (non-hydrogen) atoms. The molecule has 0 aliphatic carbocycles. The second-order valence-corrected chi connectivity index (χ2v) is 6.87. The van der Waals surface area contributed by atoms with E-state index in [9.17, 15) is 9.59 Å². The van der Waals surface area contributed by atoms with Gasteiger partial charge in [-0.3, -0.25) is 4.79 Å². The normalized spacial score (nSPS) is 20.0. The number of carbonyl (C=O) groups is 2. The summed E-state index contributed by atoms with van der Waals surface area (Å²) in [5.74, 6) is -0.318. The smallest absolute Gasteiger partial charge is 0.407 e. The first kappa shape index (κ1) is 19.0. The fraction of sp³-hybridized carbons (Fsp3) is 0.474. The first-order chi connectivity index (χ1) is 11.8. The van der Waals surface area contributed by atoms with E-state index in [1.54, 1.807) is 20.8 Å². The Morgan fingerprint density at radius 2 is 1.96 bits per heavy atom. The van der Waals surface area contributed by atoms with Gasteiger partial charge in [-0.25, -0.2) is 4.79 Å². The second kappa shape index (κ2) is 8.67. The molecular weight excluding hydrogens is 322 g/mol. The van der Waals surface area contributed by atoms with Crippen molar-refractivity contribution in [3.05, 3.63) is 48.0 Å². The number of nitrogens with one attached hydrogen (secondary N) is 1. The van der Waals surface area contributed by atoms with Crippen LogP contribution < -0.4 is 5.32 Å². The Balaban J connectivity index is 1.71. The lowest BCUT2D eigenvalue weighted by atomic mass is 9.97. The van der Waals surface area contributed by atoms with Crippen molar-refractivity contribution in [2.75, 3.05) is 6.54 Å². The van der Waals surface area contributed by atoms with Gasteiger partial charge in [-0.05, 0) is 26.3 Å². The fourth-order valence-electron chi connectivity index (χ4n) is 2.08. The number of ether oxygens (including phenoxy) is 3. The van der Waals surface area contributed by atoms with Crippen LogP contribution in [0.5, 0.6) is 0 Å². The van der Waals surface area contributed by atoms with E-state index >= 15 is 0 Å². The number of esters is 1. The van der Waals surface area contributed by atoms with E-state index in [4.69, 9.17) is 14.2 Å². The van der Waals surface area contributed by atoms with Gasteiger partial charge in [0.2, 0.25) is 6.29 Å². The lowest BCUT2D eigenvalue weighted by Crippen LogP contribution is -2.39.